The minimum Gasteiger partial charge on any atom is -0.392 e. The molecule has 2 aromatic heterocycles. The normalized spacial score (nSPS) is 10.4. The number of hydrogen-bond donors (Lipinski definition) is 1. The summed E-state index contributed by atoms with van der Waals surface area (Å²) in [5.74, 6) is -0.468. The van der Waals surface area contributed by atoms with Crippen molar-refractivity contribution < 1.29 is 9.50 Å². The fourth-order valence-electron chi connectivity index (χ4n) is 1.27. The molecule has 82 valence electrons. The zero-order chi connectivity index (χ0) is 11.5. The van der Waals surface area contributed by atoms with Crippen LogP contribution in [0.2, 0.25) is 5.15 Å². The van der Waals surface area contributed by atoms with Gasteiger partial charge in [-0.25, -0.2) is 9.37 Å². The lowest BCUT2D eigenvalue weighted by molar-refractivity contribution is 0.281. The smallest absolute Gasteiger partial charge is 0.137 e. The molecule has 0 unspecified atom stereocenters. The number of aromatic nitrogens is 2. The van der Waals surface area contributed by atoms with Crippen molar-refractivity contribution in [2.75, 3.05) is 0 Å². The number of aliphatic hydroxyl groups is 1. The van der Waals surface area contributed by atoms with E-state index in [0.717, 1.165) is 6.07 Å². The van der Waals surface area contributed by atoms with Crippen molar-refractivity contribution >= 4 is 11.6 Å². The summed E-state index contributed by atoms with van der Waals surface area (Å²) in [6.45, 7) is -0.0887. The number of aliphatic hydroxyl groups excluding tert-OH is 1. The van der Waals surface area contributed by atoms with Crippen LogP contribution in [0.3, 0.4) is 0 Å². The van der Waals surface area contributed by atoms with Gasteiger partial charge in [-0.05, 0) is 11.6 Å². The molecule has 0 atom stereocenters. The van der Waals surface area contributed by atoms with Gasteiger partial charge in [-0.2, -0.15) is 0 Å². The van der Waals surface area contributed by atoms with Gasteiger partial charge in [0.05, 0.1) is 17.9 Å². The van der Waals surface area contributed by atoms with Crippen molar-refractivity contribution in [3.63, 3.8) is 0 Å². The van der Waals surface area contributed by atoms with E-state index < -0.39 is 5.82 Å². The Kier molecular flexibility index (Phi) is 3.12. The Morgan fingerprint density at radius 2 is 2.06 bits per heavy atom. The Morgan fingerprint density at radius 3 is 2.62 bits per heavy atom. The number of pyridine rings is 2. The minimum absolute atomic E-state index is 0.0887. The molecule has 0 radical (unpaired) electrons. The highest BCUT2D eigenvalue weighted by Crippen LogP contribution is 2.21. The molecule has 0 saturated carbocycles. The van der Waals surface area contributed by atoms with Crippen molar-refractivity contribution in [1.82, 2.24) is 9.97 Å². The van der Waals surface area contributed by atoms with Crippen LogP contribution in [0.1, 0.15) is 5.56 Å². The van der Waals surface area contributed by atoms with Crippen molar-refractivity contribution in [1.29, 1.82) is 0 Å². The van der Waals surface area contributed by atoms with Gasteiger partial charge in [0.15, 0.2) is 0 Å². The fraction of sp³-hybridized carbons (Fsp3) is 0.0909. The van der Waals surface area contributed by atoms with Crippen molar-refractivity contribution in [2.45, 2.75) is 6.61 Å². The van der Waals surface area contributed by atoms with Gasteiger partial charge in [0.25, 0.3) is 0 Å². The first-order valence-electron chi connectivity index (χ1n) is 4.58. The Labute approximate surface area is 96.6 Å². The van der Waals surface area contributed by atoms with Crippen molar-refractivity contribution in [2.24, 2.45) is 0 Å². The van der Waals surface area contributed by atoms with Gasteiger partial charge in [-0.3, -0.25) is 4.98 Å². The molecule has 3 nitrogen and oxygen atoms in total. The van der Waals surface area contributed by atoms with Crippen molar-refractivity contribution in [3.8, 4) is 11.3 Å². The summed E-state index contributed by atoms with van der Waals surface area (Å²) in [5.41, 5.74) is 1.42. The largest absolute Gasteiger partial charge is 0.392 e. The molecule has 2 aromatic rings. The van der Waals surface area contributed by atoms with E-state index in [4.69, 9.17) is 16.7 Å². The van der Waals surface area contributed by atoms with Crippen LogP contribution in [-0.2, 0) is 6.61 Å². The van der Waals surface area contributed by atoms with Crippen molar-refractivity contribution in [3.05, 3.63) is 47.1 Å². The molecule has 0 saturated heterocycles. The zero-order valence-electron chi connectivity index (χ0n) is 8.19. The van der Waals surface area contributed by atoms with Gasteiger partial charge >= 0.3 is 0 Å². The Bertz CT molecular complexity index is 502. The molecule has 0 amide bonds. The molecule has 0 aromatic carbocycles. The van der Waals surface area contributed by atoms with Crippen LogP contribution in [0.15, 0.2) is 30.6 Å². The van der Waals surface area contributed by atoms with Gasteiger partial charge in [0, 0.05) is 18.5 Å². The SMILES string of the molecule is OCc1ccc(-c2cnc(Cl)cc2F)nc1. The highest BCUT2D eigenvalue weighted by Gasteiger charge is 2.07. The highest BCUT2D eigenvalue weighted by molar-refractivity contribution is 6.29. The first-order chi connectivity index (χ1) is 7.70. The minimum atomic E-state index is -0.468. The van der Waals surface area contributed by atoms with Gasteiger partial charge < -0.3 is 5.11 Å². The van der Waals surface area contributed by atoms with Gasteiger partial charge in [0.1, 0.15) is 11.0 Å². The van der Waals surface area contributed by atoms with E-state index in [1.165, 1.54) is 12.4 Å². The Hall–Kier alpha value is -1.52. The van der Waals surface area contributed by atoms with Crippen LogP contribution >= 0.6 is 11.6 Å². The second-order valence-corrected chi connectivity index (χ2v) is 3.58. The number of rotatable bonds is 2. The molecule has 0 spiro atoms. The van der Waals surface area contributed by atoms with Crippen LogP contribution < -0.4 is 0 Å². The second-order valence-electron chi connectivity index (χ2n) is 3.20. The molecule has 0 aliphatic carbocycles. The van der Waals surface area contributed by atoms with Crippen LogP contribution in [0.5, 0.6) is 0 Å². The summed E-state index contributed by atoms with van der Waals surface area (Å²) in [4.78, 5) is 7.82. The van der Waals surface area contributed by atoms with Crippen LogP contribution in [0.25, 0.3) is 11.3 Å². The zero-order valence-corrected chi connectivity index (χ0v) is 8.95. The van der Waals surface area contributed by atoms with E-state index in [0.29, 0.717) is 11.3 Å². The summed E-state index contributed by atoms with van der Waals surface area (Å²) in [5, 5.41) is 8.95. The molecular formula is C11H8ClFN2O. The van der Waals surface area contributed by atoms with E-state index in [9.17, 15) is 4.39 Å². The summed E-state index contributed by atoms with van der Waals surface area (Å²) < 4.78 is 13.5. The second kappa shape index (κ2) is 4.55. The molecule has 0 aliphatic heterocycles. The monoisotopic (exact) mass is 238 g/mol. The standard InChI is InChI=1S/C11H8ClFN2O/c12-11-3-9(13)8(5-15-11)10-2-1-7(6-16)4-14-10/h1-5,16H,6H2. The van der Waals surface area contributed by atoms with Gasteiger partial charge in [-0.15, -0.1) is 0 Å². The molecule has 2 rings (SSSR count). The lowest BCUT2D eigenvalue weighted by Gasteiger charge is -2.03. The summed E-state index contributed by atoms with van der Waals surface area (Å²) in [7, 11) is 0. The Balaban J connectivity index is 2.42. The van der Waals surface area contributed by atoms with E-state index >= 15 is 0 Å². The van der Waals surface area contributed by atoms with Crippen LogP contribution in [0, 0.1) is 5.82 Å². The summed E-state index contributed by atoms with van der Waals surface area (Å²) in [6.07, 6.45) is 2.82. The molecule has 0 bridgehead atoms. The third-order valence-corrected chi connectivity index (χ3v) is 2.31. The average Bonchev–Trinajstić information content (AvgIpc) is 2.29. The third kappa shape index (κ3) is 2.18. The molecule has 16 heavy (non-hydrogen) atoms. The van der Waals surface area contributed by atoms with E-state index in [1.54, 1.807) is 12.1 Å². The average molecular weight is 239 g/mol. The lowest BCUT2D eigenvalue weighted by atomic mass is 10.1. The highest BCUT2D eigenvalue weighted by atomic mass is 35.5. The molecule has 2 heterocycles. The van der Waals surface area contributed by atoms with E-state index in [-0.39, 0.29) is 17.3 Å². The van der Waals surface area contributed by atoms with Crippen LogP contribution in [0.4, 0.5) is 4.39 Å². The maximum Gasteiger partial charge on any atom is 0.137 e. The van der Waals surface area contributed by atoms with E-state index in [1.807, 2.05) is 0 Å². The topological polar surface area (TPSA) is 46.0 Å². The maximum atomic E-state index is 13.5. The summed E-state index contributed by atoms with van der Waals surface area (Å²) >= 11 is 5.55. The Morgan fingerprint density at radius 1 is 1.25 bits per heavy atom. The maximum absolute atomic E-state index is 13.5. The molecule has 5 heteroatoms. The van der Waals surface area contributed by atoms with Gasteiger partial charge in [-0.1, -0.05) is 17.7 Å². The first kappa shape index (κ1) is 11.0. The first-order valence-corrected chi connectivity index (χ1v) is 4.95. The lowest BCUT2D eigenvalue weighted by Crippen LogP contribution is -1.91. The molecular weight excluding hydrogens is 231 g/mol. The van der Waals surface area contributed by atoms with Gasteiger partial charge in [0.2, 0.25) is 0 Å². The predicted octanol–water partition coefficient (Wildman–Crippen LogP) is 2.43. The quantitative estimate of drug-likeness (QED) is 0.818. The predicted molar refractivity (Wildman–Crippen MR) is 58.4 cm³/mol. The molecule has 0 aliphatic rings. The fourth-order valence-corrected chi connectivity index (χ4v) is 1.42. The molecule has 0 fully saturated rings. The number of halogens is 2. The van der Waals surface area contributed by atoms with Crippen LogP contribution in [-0.4, -0.2) is 15.1 Å². The number of nitrogens with zero attached hydrogens (tertiary/aromatic N) is 2. The molecule has 1 N–H and O–H groups in total. The summed E-state index contributed by atoms with van der Waals surface area (Å²) in [6, 6.07) is 4.44. The third-order valence-electron chi connectivity index (χ3n) is 2.10. The number of hydrogen-bond acceptors (Lipinski definition) is 3. The van der Waals surface area contributed by atoms with E-state index in [2.05, 4.69) is 9.97 Å².